The van der Waals surface area contributed by atoms with Gasteiger partial charge in [0.05, 0.1) is 12.6 Å². The number of benzene rings is 1. The summed E-state index contributed by atoms with van der Waals surface area (Å²) in [5, 5.41) is 0. The molecular weight excluding hydrogens is 322 g/mol. The molecule has 0 heterocycles. The molecule has 1 amide bonds. The third-order valence-corrected chi connectivity index (χ3v) is 3.39. The van der Waals surface area contributed by atoms with Crippen LogP contribution in [0, 0.1) is 0 Å². The molecule has 6 nitrogen and oxygen atoms in total. The zero-order chi connectivity index (χ0) is 19.0. The molecule has 0 radical (unpaired) electrons. The fraction of sp³-hybridized carbons (Fsp3) is 0.526. The third-order valence-electron chi connectivity index (χ3n) is 3.39. The SMILES string of the molecule is CCOC(=O)CN(C(=O)CC(=O)OC(C)(C)C)[C@H](C)c1ccccc1. The highest BCUT2D eigenvalue weighted by molar-refractivity contribution is 5.95. The lowest BCUT2D eigenvalue weighted by atomic mass is 10.1. The van der Waals surface area contributed by atoms with E-state index >= 15 is 0 Å². The molecule has 0 N–H and O–H groups in total. The van der Waals surface area contributed by atoms with Crippen LogP contribution in [0.3, 0.4) is 0 Å². The zero-order valence-corrected chi connectivity index (χ0v) is 15.6. The number of nitrogens with zero attached hydrogens (tertiary/aromatic N) is 1. The van der Waals surface area contributed by atoms with Crippen molar-refractivity contribution >= 4 is 17.8 Å². The summed E-state index contributed by atoms with van der Waals surface area (Å²) < 4.78 is 10.1. The van der Waals surface area contributed by atoms with Crippen LogP contribution in [-0.2, 0) is 23.9 Å². The highest BCUT2D eigenvalue weighted by atomic mass is 16.6. The highest BCUT2D eigenvalue weighted by Crippen LogP contribution is 2.21. The summed E-state index contributed by atoms with van der Waals surface area (Å²) in [4.78, 5) is 37.8. The lowest BCUT2D eigenvalue weighted by Crippen LogP contribution is -2.40. The number of hydrogen-bond acceptors (Lipinski definition) is 5. The van der Waals surface area contributed by atoms with E-state index in [0.29, 0.717) is 0 Å². The molecule has 1 rings (SSSR count). The first-order valence-electron chi connectivity index (χ1n) is 8.36. The number of ether oxygens (including phenoxy) is 2. The quantitative estimate of drug-likeness (QED) is 0.559. The van der Waals surface area contributed by atoms with Crippen LogP contribution in [0.2, 0.25) is 0 Å². The van der Waals surface area contributed by atoms with Gasteiger partial charge in [-0.1, -0.05) is 30.3 Å². The van der Waals surface area contributed by atoms with Crippen molar-refractivity contribution in [3.63, 3.8) is 0 Å². The van der Waals surface area contributed by atoms with E-state index in [1.54, 1.807) is 27.7 Å². The Morgan fingerprint density at radius 1 is 1.08 bits per heavy atom. The van der Waals surface area contributed by atoms with Crippen LogP contribution in [0.1, 0.15) is 52.6 Å². The van der Waals surface area contributed by atoms with Crippen molar-refractivity contribution in [2.45, 2.75) is 52.7 Å². The second kappa shape index (κ2) is 9.20. The topological polar surface area (TPSA) is 72.9 Å². The van der Waals surface area contributed by atoms with Gasteiger partial charge in [-0.15, -0.1) is 0 Å². The summed E-state index contributed by atoms with van der Waals surface area (Å²) in [6.45, 7) is 8.72. The largest absolute Gasteiger partial charge is 0.465 e. The minimum absolute atomic E-state index is 0.217. The summed E-state index contributed by atoms with van der Waals surface area (Å²) in [7, 11) is 0. The summed E-state index contributed by atoms with van der Waals surface area (Å²) >= 11 is 0. The zero-order valence-electron chi connectivity index (χ0n) is 15.6. The van der Waals surface area contributed by atoms with Crippen molar-refractivity contribution in [1.29, 1.82) is 0 Å². The van der Waals surface area contributed by atoms with Gasteiger partial charge in [0.15, 0.2) is 0 Å². The van der Waals surface area contributed by atoms with Crippen molar-refractivity contribution in [3.05, 3.63) is 35.9 Å². The monoisotopic (exact) mass is 349 g/mol. The summed E-state index contributed by atoms with van der Waals surface area (Å²) in [6.07, 6.45) is -0.423. The van der Waals surface area contributed by atoms with Gasteiger partial charge in [0.1, 0.15) is 18.6 Å². The Hall–Kier alpha value is -2.37. The Kier molecular flexibility index (Phi) is 7.61. The van der Waals surface area contributed by atoms with E-state index in [2.05, 4.69) is 0 Å². The normalized spacial score (nSPS) is 12.2. The minimum Gasteiger partial charge on any atom is -0.465 e. The molecule has 6 heteroatoms. The van der Waals surface area contributed by atoms with Crippen LogP contribution < -0.4 is 0 Å². The summed E-state index contributed by atoms with van der Waals surface area (Å²) in [5.74, 6) is -1.60. The molecule has 0 aliphatic rings. The summed E-state index contributed by atoms with van der Waals surface area (Å²) in [6, 6.07) is 8.93. The lowest BCUT2D eigenvalue weighted by molar-refractivity contribution is -0.160. The predicted octanol–water partition coefficient (Wildman–Crippen LogP) is 2.87. The molecule has 1 aromatic carbocycles. The van der Waals surface area contributed by atoms with Gasteiger partial charge >= 0.3 is 11.9 Å². The van der Waals surface area contributed by atoms with Crippen LogP contribution in [0.15, 0.2) is 30.3 Å². The average Bonchev–Trinajstić information content (AvgIpc) is 2.51. The number of hydrogen-bond donors (Lipinski definition) is 0. The van der Waals surface area contributed by atoms with Crippen molar-refractivity contribution in [3.8, 4) is 0 Å². The highest BCUT2D eigenvalue weighted by Gasteiger charge is 2.28. The molecule has 0 bridgehead atoms. The van der Waals surface area contributed by atoms with E-state index in [0.717, 1.165) is 5.56 Å². The first kappa shape index (κ1) is 20.7. The maximum atomic E-state index is 12.6. The Bertz CT molecular complexity index is 592. The molecule has 0 saturated heterocycles. The molecule has 0 aliphatic heterocycles. The van der Waals surface area contributed by atoms with Crippen LogP contribution >= 0.6 is 0 Å². The maximum absolute atomic E-state index is 12.6. The van der Waals surface area contributed by atoms with Gasteiger partial charge in [-0.05, 0) is 40.2 Å². The van der Waals surface area contributed by atoms with Crippen LogP contribution in [-0.4, -0.2) is 41.5 Å². The van der Waals surface area contributed by atoms with Gasteiger partial charge < -0.3 is 14.4 Å². The molecule has 1 aromatic rings. The molecule has 0 aliphatic carbocycles. The van der Waals surface area contributed by atoms with E-state index in [1.165, 1.54) is 4.90 Å². The van der Waals surface area contributed by atoms with Crippen molar-refractivity contribution in [2.24, 2.45) is 0 Å². The second-order valence-corrected chi connectivity index (χ2v) is 6.68. The Morgan fingerprint density at radius 2 is 1.68 bits per heavy atom. The fourth-order valence-electron chi connectivity index (χ4n) is 2.30. The standard InChI is InChI=1S/C19H27NO5/c1-6-24-18(23)13-20(14(2)15-10-8-7-9-11-15)16(21)12-17(22)25-19(3,4)5/h7-11,14H,6,12-13H2,1-5H3/t14-/m1/s1. The van der Waals surface area contributed by atoms with E-state index in [-0.39, 0.29) is 19.2 Å². The predicted molar refractivity (Wildman–Crippen MR) is 93.7 cm³/mol. The van der Waals surface area contributed by atoms with Crippen LogP contribution in [0.25, 0.3) is 0 Å². The number of rotatable bonds is 7. The second-order valence-electron chi connectivity index (χ2n) is 6.68. The van der Waals surface area contributed by atoms with E-state index < -0.39 is 29.9 Å². The minimum atomic E-state index is -0.672. The molecule has 0 fully saturated rings. The molecule has 0 saturated carbocycles. The van der Waals surface area contributed by atoms with Crippen molar-refractivity contribution in [1.82, 2.24) is 4.90 Å². The molecule has 0 spiro atoms. The van der Waals surface area contributed by atoms with Crippen LogP contribution in [0.5, 0.6) is 0 Å². The fourth-order valence-corrected chi connectivity index (χ4v) is 2.30. The van der Waals surface area contributed by atoms with Gasteiger partial charge in [-0.3, -0.25) is 14.4 Å². The first-order chi connectivity index (χ1) is 11.6. The van der Waals surface area contributed by atoms with Gasteiger partial charge in [-0.2, -0.15) is 0 Å². The van der Waals surface area contributed by atoms with E-state index in [9.17, 15) is 14.4 Å². The van der Waals surface area contributed by atoms with Gasteiger partial charge in [0.25, 0.3) is 0 Å². The van der Waals surface area contributed by atoms with Crippen molar-refractivity contribution in [2.75, 3.05) is 13.2 Å². The third kappa shape index (κ3) is 7.37. The Balaban J connectivity index is 2.91. The Labute approximate surface area is 149 Å². The molecule has 138 valence electrons. The lowest BCUT2D eigenvalue weighted by Gasteiger charge is -2.29. The number of esters is 2. The number of carbonyl (C=O) groups excluding carboxylic acids is 3. The summed E-state index contributed by atoms with van der Waals surface area (Å²) in [5.41, 5.74) is 0.193. The molecular formula is C19H27NO5. The van der Waals surface area contributed by atoms with Crippen LogP contribution in [0.4, 0.5) is 0 Å². The van der Waals surface area contributed by atoms with Gasteiger partial charge in [0, 0.05) is 0 Å². The maximum Gasteiger partial charge on any atom is 0.325 e. The van der Waals surface area contributed by atoms with Gasteiger partial charge in [0.2, 0.25) is 5.91 Å². The molecule has 0 aromatic heterocycles. The number of carbonyl (C=O) groups is 3. The molecule has 1 atom stereocenters. The smallest absolute Gasteiger partial charge is 0.325 e. The van der Waals surface area contributed by atoms with E-state index in [4.69, 9.17) is 9.47 Å². The van der Waals surface area contributed by atoms with Gasteiger partial charge in [-0.25, -0.2) is 0 Å². The average molecular weight is 349 g/mol. The van der Waals surface area contributed by atoms with E-state index in [1.807, 2.05) is 37.3 Å². The first-order valence-corrected chi connectivity index (χ1v) is 8.36. The van der Waals surface area contributed by atoms with Crippen molar-refractivity contribution < 1.29 is 23.9 Å². The molecule has 0 unspecified atom stereocenters. The molecule has 25 heavy (non-hydrogen) atoms. The Morgan fingerprint density at radius 3 is 2.20 bits per heavy atom. The number of amides is 1.